The third-order valence-electron chi connectivity index (χ3n) is 3.54. The van der Waals surface area contributed by atoms with Crippen LogP contribution in [0, 0.1) is 5.92 Å². The Morgan fingerprint density at radius 1 is 1.55 bits per heavy atom. The lowest BCUT2D eigenvalue weighted by Gasteiger charge is -2.17. The number of aryl methyl sites for hydroxylation is 1. The molecule has 1 aromatic rings. The van der Waals surface area contributed by atoms with Gasteiger partial charge in [-0.1, -0.05) is 0 Å². The molecule has 7 heteroatoms. The highest BCUT2D eigenvalue weighted by Gasteiger charge is 2.26. The molecule has 0 bridgehead atoms. The van der Waals surface area contributed by atoms with Gasteiger partial charge in [0.05, 0.1) is 6.20 Å². The summed E-state index contributed by atoms with van der Waals surface area (Å²) in [6, 6.07) is -0.0910. The van der Waals surface area contributed by atoms with Crippen molar-refractivity contribution in [3.05, 3.63) is 18.0 Å². The largest absolute Gasteiger partial charge is 0.481 e. The second kappa shape index (κ2) is 6.40. The zero-order valence-corrected chi connectivity index (χ0v) is 11.6. The molecule has 1 atom stereocenters. The predicted octanol–water partition coefficient (Wildman–Crippen LogP) is 0.816. The van der Waals surface area contributed by atoms with Crippen molar-refractivity contribution in [1.29, 1.82) is 0 Å². The lowest BCUT2D eigenvalue weighted by atomic mass is 10.0. The molecule has 0 saturated carbocycles. The molecule has 1 fully saturated rings. The van der Waals surface area contributed by atoms with Gasteiger partial charge in [0.2, 0.25) is 0 Å². The molecular formula is C13H20N4O3. The van der Waals surface area contributed by atoms with Crippen molar-refractivity contribution in [1.82, 2.24) is 20.0 Å². The van der Waals surface area contributed by atoms with Gasteiger partial charge in [0.1, 0.15) is 0 Å². The first-order valence-corrected chi connectivity index (χ1v) is 6.76. The third kappa shape index (κ3) is 3.97. The minimum Gasteiger partial charge on any atom is -0.481 e. The number of hydrogen-bond acceptors (Lipinski definition) is 3. The van der Waals surface area contributed by atoms with Crippen LogP contribution in [0.5, 0.6) is 0 Å². The van der Waals surface area contributed by atoms with Crippen molar-refractivity contribution in [3.63, 3.8) is 0 Å². The average molecular weight is 280 g/mol. The standard InChI is InChI=1S/C13H20N4O3/c1-16-8-11(7-15-16)6-14-13(20)17-5-4-10(9-17)2-3-12(18)19/h7-8,10H,2-6,9H2,1H3,(H,14,20)(H,18,19). The van der Waals surface area contributed by atoms with E-state index in [-0.39, 0.29) is 12.5 Å². The second-order valence-corrected chi connectivity index (χ2v) is 5.21. The van der Waals surface area contributed by atoms with Gasteiger partial charge in [-0.25, -0.2) is 4.79 Å². The lowest BCUT2D eigenvalue weighted by Crippen LogP contribution is -2.38. The maximum atomic E-state index is 12.0. The van der Waals surface area contributed by atoms with Crippen LogP contribution in [0.1, 0.15) is 24.8 Å². The van der Waals surface area contributed by atoms with E-state index < -0.39 is 5.97 Å². The number of hydrogen-bond donors (Lipinski definition) is 2. The summed E-state index contributed by atoms with van der Waals surface area (Å²) in [6.45, 7) is 1.80. The van der Waals surface area contributed by atoms with Gasteiger partial charge in [0.25, 0.3) is 0 Å². The highest BCUT2D eigenvalue weighted by Crippen LogP contribution is 2.20. The van der Waals surface area contributed by atoms with Crippen LogP contribution in [-0.2, 0) is 18.4 Å². The summed E-state index contributed by atoms with van der Waals surface area (Å²) in [7, 11) is 1.83. The fraction of sp³-hybridized carbons (Fsp3) is 0.615. The Morgan fingerprint density at radius 3 is 3.00 bits per heavy atom. The van der Waals surface area contributed by atoms with E-state index in [2.05, 4.69) is 10.4 Å². The van der Waals surface area contributed by atoms with Crippen molar-refractivity contribution in [2.45, 2.75) is 25.8 Å². The molecule has 1 saturated heterocycles. The number of carbonyl (C=O) groups excluding carboxylic acids is 1. The van der Waals surface area contributed by atoms with Gasteiger partial charge in [0.15, 0.2) is 0 Å². The predicted molar refractivity (Wildman–Crippen MR) is 72.0 cm³/mol. The Balaban J connectivity index is 1.72. The van der Waals surface area contributed by atoms with Crippen LogP contribution in [-0.4, -0.2) is 44.9 Å². The molecule has 2 N–H and O–H groups in total. The van der Waals surface area contributed by atoms with Crippen molar-refractivity contribution >= 4 is 12.0 Å². The average Bonchev–Trinajstić information content (AvgIpc) is 3.02. The first kappa shape index (κ1) is 14.4. The highest BCUT2D eigenvalue weighted by atomic mass is 16.4. The first-order chi connectivity index (χ1) is 9.54. The summed E-state index contributed by atoms with van der Waals surface area (Å²) in [5, 5.41) is 15.6. The number of urea groups is 1. The Hall–Kier alpha value is -2.05. The lowest BCUT2D eigenvalue weighted by molar-refractivity contribution is -0.137. The number of aromatic nitrogens is 2. The van der Waals surface area contributed by atoms with Crippen LogP contribution < -0.4 is 5.32 Å². The zero-order valence-electron chi connectivity index (χ0n) is 11.6. The minimum absolute atomic E-state index is 0.0910. The number of rotatable bonds is 5. The van der Waals surface area contributed by atoms with Gasteiger partial charge in [0, 0.05) is 44.9 Å². The Bertz CT molecular complexity index is 486. The number of aliphatic carboxylic acids is 1. The summed E-state index contributed by atoms with van der Waals surface area (Å²) in [5.74, 6) is -0.472. The molecule has 2 rings (SSSR count). The fourth-order valence-corrected chi connectivity index (χ4v) is 2.43. The molecule has 7 nitrogen and oxygen atoms in total. The molecule has 110 valence electrons. The number of carboxylic acids is 1. The van der Waals surface area contributed by atoms with Gasteiger partial charge in [-0.15, -0.1) is 0 Å². The quantitative estimate of drug-likeness (QED) is 0.835. The number of carbonyl (C=O) groups is 2. The Morgan fingerprint density at radius 2 is 2.35 bits per heavy atom. The van der Waals surface area contributed by atoms with E-state index in [9.17, 15) is 9.59 Å². The third-order valence-corrected chi connectivity index (χ3v) is 3.54. The molecule has 0 aliphatic carbocycles. The van der Waals surface area contributed by atoms with E-state index in [1.807, 2.05) is 13.2 Å². The van der Waals surface area contributed by atoms with Crippen molar-refractivity contribution < 1.29 is 14.7 Å². The van der Waals surface area contributed by atoms with Crippen molar-refractivity contribution in [2.24, 2.45) is 13.0 Å². The van der Waals surface area contributed by atoms with Crippen LogP contribution in [0.4, 0.5) is 4.79 Å². The highest BCUT2D eigenvalue weighted by molar-refractivity contribution is 5.74. The molecule has 1 aliphatic rings. The monoisotopic (exact) mass is 280 g/mol. The molecular weight excluding hydrogens is 260 g/mol. The van der Waals surface area contributed by atoms with Gasteiger partial charge >= 0.3 is 12.0 Å². The Kier molecular flexibility index (Phi) is 4.60. The summed E-state index contributed by atoms with van der Waals surface area (Å²) < 4.78 is 1.69. The SMILES string of the molecule is Cn1cc(CNC(=O)N2CCC(CCC(=O)O)C2)cn1. The number of likely N-dealkylation sites (tertiary alicyclic amines) is 1. The van der Waals surface area contributed by atoms with E-state index in [1.54, 1.807) is 15.8 Å². The van der Waals surface area contributed by atoms with E-state index in [0.717, 1.165) is 12.0 Å². The number of carboxylic acid groups (broad SMARTS) is 1. The molecule has 20 heavy (non-hydrogen) atoms. The molecule has 1 aliphatic heterocycles. The fourth-order valence-electron chi connectivity index (χ4n) is 2.43. The summed E-state index contributed by atoms with van der Waals surface area (Å²) in [4.78, 5) is 24.3. The number of amides is 2. The summed E-state index contributed by atoms with van der Waals surface area (Å²) in [6.07, 6.45) is 5.28. The molecule has 0 spiro atoms. The smallest absolute Gasteiger partial charge is 0.317 e. The molecule has 0 aromatic carbocycles. The molecule has 2 amide bonds. The molecule has 0 radical (unpaired) electrons. The van der Waals surface area contributed by atoms with Crippen LogP contribution in [0.3, 0.4) is 0 Å². The Labute approximate surface area is 117 Å². The normalized spacial score (nSPS) is 18.2. The topological polar surface area (TPSA) is 87.5 Å². The minimum atomic E-state index is -0.774. The van der Waals surface area contributed by atoms with E-state index in [4.69, 9.17) is 5.11 Å². The van der Waals surface area contributed by atoms with Crippen LogP contribution in [0.2, 0.25) is 0 Å². The number of nitrogens with one attached hydrogen (secondary N) is 1. The van der Waals surface area contributed by atoms with Crippen LogP contribution in [0.25, 0.3) is 0 Å². The molecule has 1 unspecified atom stereocenters. The van der Waals surface area contributed by atoms with Crippen LogP contribution >= 0.6 is 0 Å². The van der Waals surface area contributed by atoms with Crippen LogP contribution in [0.15, 0.2) is 12.4 Å². The summed E-state index contributed by atoms with van der Waals surface area (Å²) >= 11 is 0. The van der Waals surface area contributed by atoms with Crippen molar-refractivity contribution in [3.8, 4) is 0 Å². The molecule has 1 aromatic heterocycles. The van der Waals surface area contributed by atoms with Gasteiger partial charge in [-0.3, -0.25) is 9.48 Å². The van der Waals surface area contributed by atoms with Crippen molar-refractivity contribution in [2.75, 3.05) is 13.1 Å². The van der Waals surface area contributed by atoms with Gasteiger partial charge in [-0.05, 0) is 18.8 Å². The summed E-state index contributed by atoms with van der Waals surface area (Å²) in [5.41, 5.74) is 0.961. The van der Waals surface area contributed by atoms with E-state index in [0.29, 0.717) is 32.0 Å². The molecule has 2 heterocycles. The van der Waals surface area contributed by atoms with E-state index in [1.165, 1.54) is 0 Å². The number of nitrogens with zero attached hydrogens (tertiary/aromatic N) is 3. The van der Waals surface area contributed by atoms with Gasteiger partial charge in [-0.2, -0.15) is 5.10 Å². The maximum Gasteiger partial charge on any atom is 0.317 e. The maximum absolute atomic E-state index is 12.0. The second-order valence-electron chi connectivity index (χ2n) is 5.21. The first-order valence-electron chi connectivity index (χ1n) is 6.76. The van der Waals surface area contributed by atoms with E-state index >= 15 is 0 Å². The zero-order chi connectivity index (χ0) is 14.5. The van der Waals surface area contributed by atoms with Gasteiger partial charge < -0.3 is 15.3 Å².